The van der Waals surface area contributed by atoms with Crippen molar-refractivity contribution in [3.05, 3.63) is 35.9 Å². The lowest BCUT2D eigenvalue weighted by atomic mass is 10.1. The molecule has 1 aromatic rings. The number of rotatable bonds is 3. The van der Waals surface area contributed by atoms with E-state index < -0.39 is 0 Å². The van der Waals surface area contributed by atoms with Crippen molar-refractivity contribution in [2.45, 2.75) is 13.0 Å². The van der Waals surface area contributed by atoms with Crippen LogP contribution in [-0.4, -0.2) is 35.8 Å². The third-order valence-electron chi connectivity index (χ3n) is 2.74. The maximum Gasteiger partial charge on any atom is 0.251 e. The molecule has 1 aromatic carbocycles. The Morgan fingerprint density at radius 2 is 2.12 bits per heavy atom. The maximum absolute atomic E-state index is 11.7. The number of likely N-dealkylation sites (N-methyl/N-ethyl adjacent to an activating group) is 1. The Morgan fingerprint density at radius 1 is 1.44 bits per heavy atom. The quantitative estimate of drug-likeness (QED) is 0.757. The lowest BCUT2D eigenvalue weighted by Gasteiger charge is -2.37. The number of benzene rings is 1. The van der Waals surface area contributed by atoms with Crippen LogP contribution in [0.15, 0.2) is 30.3 Å². The molecule has 2 rings (SSSR count). The van der Waals surface area contributed by atoms with Crippen LogP contribution < -0.4 is 5.32 Å². The lowest BCUT2D eigenvalue weighted by Crippen LogP contribution is -2.63. The molecule has 0 radical (unpaired) electrons. The van der Waals surface area contributed by atoms with Crippen molar-refractivity contribution in [2.24, 2.45) is 0 Å². The number of nitrogens with one attached hydrogen (secondary N) is 1. The second-order valence-electron chi connectivity index (χ2n) is 3.77. The van der Waals surface area contributed by atoms with Gasteiger partial charge >= 0.3 is 0 Å². The molecule has 1 aliphatic rings. The first kappa shape index (κ1) is 10.7. The summed E-state index contributed by atoms with van der Waals surface area (Å²) in [6.45, 7) is 3.25. The number of amides is 2. The molecule has 0 aromatic heterocycles. The fraction of sp³-hybridized carbons (Fsp3) is 0.333. The van der Waals surface area contributed by atoms with Gasteiger partial charge in [-0.2, -0.15) is 0 Å². The van der Waals surface area contributed by atoms with E-state index in [1.54, 1.807) is 29.2 Å². The van der Waals surface area contributed by atoms with Crippen molar-refractivity contribution in [2.75, 3.05) is 13.1 Å². The highest BCUT2D eigenvalue weighted by Gasteiger charge is 2.36. The first-order chi connectivity index (χ1) is 7.72. The van der Waals surface area contributed by atoms with Crippen LogP contribution in [0.25, 0.3) is 0 Å². The van der Waals surface area contributed by atoms with Gasteiger partial charge in [-0.15, -0.1) is 0 Å². The number of nitrogens with zero attached hydrogens (tertiary/aromatic N) is 1. The number of carbonyl (C=O) groups excluding carboxylic acids is 2. The number of carbonyl (C=O) groups is 2. The van der Waals surface area contributed by atoms with Crippen molar-refractivity contribution >= 4 is 11.8 Å². The predicted octanol–water partition coefficient (Wildman–Crippen LogP) is 0.647. The molecule has 1 saturated heterocycles. The van der Waals surface area contributed by atoms with Crippen LogP contribution in [0, 0.1) is 0 Å². The van der Waals surface area contributed by atoms with Gasteiger partial charge in [0.1, 0.15) is 6.04 Å². The summed E-state index contributed by atoms with van der Waals surface area (Å²) >= 11 is 0. The van der Waals surface area contributed by atoms with Gasteiger partial charge in [-0.3, -0.25) is 9.59 Å². The fourth-order valence-electron chi connectivity index (χ4n) is 1.72. The Hall–Kier alpha value is -1.84. The molecule has 16 heavy (non-hydrogen) atoms. The Labute approximate surface area is 94.2 Å². The van der Waals surface area contributed by atoms with E-state index in [9.17, 15) is 9.59 Å². The minimum atomic E-state index is -0.340. The SMILES string of the molecule is CCN1CC(NC(=O)c2ccccc2)C1=O. The van der Waals surface area contributed by atoms with Crippen molar-refractivity contribution < 1.29 is 9.59 Å². The van der Waals surface area contributed by atoms with E-state index in [1.165, 1.54) is 0 Å². The molecule has 0 bridgehead atoms. The van der Waals surface area contributed by atoms with Gasteiger partial charge in [0.15, 0.2) is 0 Å². The Kier molecular flexibility index (Phi) is 2.90. The minimum Gasteiger partial charge on any atom is -0.339 e. The van der Waals surface area contributed by atoms with E-state index >= 15 is 0 Å². The lowest BCUT2D eigenvalue weighted by molar-refractivity contribution is -0.143. The second-order valence-corrected chi connectivity index (χ2v) is 3.77. The third kappa shape index (κ3) is 1.91. The van der Waals surface area contributed by atoms with Crippen molar-refractivity contribution in [1.82, 2.24) is 10.2 Å². The standard InChI is InChI=1S/C12H14N2O2/c1-2-14-8-10(12(14)16)13-11(15)9-6-4-3-5-7-9/h3-7,10H,2,8H2,1H3,(H,13,15). The molecule has 0 spiro atoms. The summed E-state index contributed by atoms with van der Waals surface area (Å²) in [6, 6.07) is 8.58. The highest BCUT2D eigenvalue weighted by Crippen LogP contribution is 2.10. The Bertz CT molecular complexity index is 403. The van der Waals surface area contributed by atoms with E-state index in [0.29, 0.717) is 18.7 Å². The molecular weight excluding hydrogens is 204 g/mol. The molecule has 4 heteroatoms. The van der Waals surface area contributed by atoms with E-state index in [0.717, 1.165) is 0 Å². The summed E-state index contributed by atoms with van der Waals surface area (Å²) in [5, 5.41) is 2.72. The highest BCUT2D eigenvalue weighted by atomic mass is 16.2. The molecule has 1 unspecified atom stereocenters. The fourth-order valence-corrected chi connectivity index (χ4v) is 1.72. The van der Waals surface area contributed by atoms with Crippen molar-refractivity contribution in [3.63, 3.8) is 0 Å². The molecule has 1 N–H and O–H groups in total. The van der Waals surface area contributed by atoms with Crippen molar-refractivity contribution in [1.29, 1.82) is 0 Å². The normalized spacial score (nSPS) is 19.2. The molecule has 1 fully saturated rings. The molecule has 2 amide bonds. The van der Waals surface area contributed by atoms with Gasteiger partial charge in [0.05, 0.1) is 0 Å². The zero-order valence-corrected chi connectivity index (χ0v) is 9.14. The summed E-state index contributed by atoms with van der Waals surface area (Å²) in [7, 11) is 0. The molecule has 84 valence electrons. The van der Waals surface area contributed by atoms with E-state index in [1.807, 2.05) is 13.0 Å². The van der Waals surface area contributed by atoms with E-state index in [4.69, 9.17) is 0 Å². The highest BCUT2D eigenvalue weighted by molar-refractivity contribution is 5.99. The molecule has 0 saturated carbocycles. The number of hydrogen-bond acceptors (Lipinski definition) is 2. The third-order valence-corrected chi connectivity index (χ3v) is 2.74. The van der Waals surface area contributed by atoms with Gasteiger partial charge in [-0.25, -0.2) is 0 Å². The zero-order valence-electron chi connectivity index (χ0n) is 9.14. The minimum absolute atomic E-state index is 0.00628. The van der Waals surface area contributed by atoms with Crippen molar-refractivity contribution in [3.8, 4) is 0 Å². The molecule has 1 atom stereocenters. The number of likely N-dealkylation sites (tertiary alicyclic amines) is 1. The predicted molar refractivity (Wildman–Crippen MR) is 60.0 cm³/mol. The van der Waals surface area contributed by atoms with Gasteiger partial charge in [-0.1, -0.05) is 18.2 Å². The summed E-state index contributed by atoms with van der Waals surface area (Å²) < 4.78 is 0. The molecule has 1 heterocycles. The first-order valence-electron chi connectivity index (χ1n) is 5.37. The summed E-state index contributed by atoms with van der Waals surface area (Å²) in [6.07, 6.45) is 0. The monoisotopic (exact) mass is 218 g/mol. The molecular formula is C12H14N2O2. The average Bonchev–Trinajstić information content (AvgIpc) is 2.34. The zero-order chi connectivity index (χ0) is 11.5. The second kappa shape index (κ2) is 4.35. The Balaban J connectivity index is 1.93. The maximum atomic E-state index is 11.7. The van der Waals surface area contributed by atoms with Gasteiger partial charge in [-0.05, 0) is 19.1 Å². The molecule has 4 nitrogen and oxygen atoms in total. The summed E-state index contributed by atoms with van der Waals surface area (Å²) in [5.74, 6) is -0.179. The van der Waals surface area contributed by atoms with E-state index in [-0.39, 0.29) is 17.9 Å². The van der Waals surface area contributed by atoms with Crippen LogP contribution in [0.5, 0.6) is 0 Å². The first-order valence-corrected chi connectivity index (χ1v) is 5.37. The van der Waals surface area contributed by atoms with Crippen LogP contribution in [0.4, 0.5) is 0 Å². The van der Waals surface area contributed by atoms with Gasteiger partial charge in [0.25, 0.3) is 5.91 Å². The molecule has 0 aliphatic carbocycles. The van der Waals surface area contributed by atoms with Crippen LogP contribution >= 0.6 is 0 Å². The summed E-state index contributed by atoms with van der Waals surface area (Å²) in [5.41, 5.74) is 0.588. The van der Waals surface area contributed by atoms with Gasteiger partial charge in [0.2, 0.25) is 5.91 Å². The summed E-state index contributed by atoms with van der Waals surface area (Å²) in [4.78, 5) is 24.9. The van der Waals surface area contributed by atoms with E-state index in [2.05, 4.69) is 5.32 Å². The van der Waals surface area contributed by atoms with Crippen LogP contribution in [0.3, 0.4) is 0 Å². The smallest absolute Gasteiger partial charge is 0.251 e. The number of β-lactam (4-membered cyclic amide) rings is 1. The van der Waals surface area contributed by atoms with Crippen LogP contribution in [-0.2, 0) is 4.79 Å². The van der Waals surface area contributed by atoms with Gasteiger partial charge in [0, 0.05) is 18.7 Å². The average molecular weight is 218 g/mol. The number of hydrogen-bond donors (Lipinski definition) is 1. The van der Waals surface area contributed by atoms with Gasteiger partial charge < -0.3 is 10.2 Å². The topological polar surface area (TPSA) is 49.4 Å². The van der Waals surface area contributed by atoms with Crippen LogP contribution in [0.2, 0.25) is 0 Å². The van der Waals surface area contributed by atoms with Crippen LogP contribution in [0.1, 0.15) is 17.3 Å². The Morgan fingerprint density at radius 3 is 2.69 bits per heavy atom. The largest absolute Gasteiger partial charge is 0.339 e. The molecule has 1 aliphatic heterocycles.